The van der Waals surface area contributed by atoms with Gasteiger partial charge >= 0.3 is 0 Å². The van der Waals surface area contributed by atoms with Crippen LogP contribution in [0.1, 0.15) is 38.3 Å². The first-order valence-corrected chi connectivity index (χ1v) is 8.59. The molecule has 0 spiro atoms. The molecule has 2 heterocycles. The monoisotopic (exact) mass is 335 g/mol. The van der Waals surface area contributed by atoms with E-state index in [0.29, 0.717) is 17.4 Å². The average Bonchev–Trinajstić information content (AvgIpc) is 3.02. The molecule has 0 bridgehead atoms. The molecule has 1 aromatic rings. The van der Waals surface area contributed by atoms with Gasteiger partial charge in [0, 0.05) is 32.2 Å². The van der Waals surface area contributed by atoms with Crippen LogP contribution in [0.2, 0.25) is 0 Å². The number of hydrogen-bond donors (Lipinski definition) is 1. The number of benzene rings is 1. The van der Waals surface area contributed by atoms with Crippen molar-refractivity contribution in [2.24, 2.45) is 5.92 Å². The molecule has 0 aliphatic carbocycles. The highest BCUT2D eigenvalue weighted by atomic mass is 16.7. The maximum Gasteiger partial charge on any atom is 0.278 e. The van der Waals surface area contributed by atoms with Gasteiger partial charge in [0.2, 0.25) is 6.79 Å². The molecule has 0 radical (unpaired) electrons. The molecule has 1 N–H and O–H groups in total. The highest BCUT2D eigenvalue weighted by Gasteiger charge is 2.31. The lowest BCUT2D eigenvalue weighted by molar-refractivity contribution is -0.386. The van der Waals surface area contributed by atoms with Crippen molar-refractivity contribution in [3.63, 3.8) is 0 Å². The van der Waals surface area contributed by atoms with E-state index in [1.54, 1.807) is 0 Å². The Hall–Kier alpha value is -1.86. The van der Waals surface area contributed by atoms with Gasteiger partial charge < -0.3 is 14.8 Å². The van der Waals surface area contributed by atoms with Crippen LogP contribution in [-0.4, -0.2) is 42.8 Å². The number of hydrogen-bond acceptors (Lipinski definition) is 6. The van der Waals surface area contributed by atoms with E-state index in [4.69, 9.17) is 9.47 Å². The van der Waals surface area contributed by atoms with Gasteiger partial charge in [-0.2, -0.15) is 0 Å². The molecule has 0 saturated carbocycles. The van der Waals surface area contributed by atoms with Crippen LogP contribution in [0.5, 0.6) is 11.5 Å². The average molecular weight is 335 g/mol. The van der Waals surface area contributed by atoms with Crippen molar-refractivity contribution in [1.82, 2.24) is 10.2 Å². The van der Waals surface area contributed by atoms with Crippen molar-refractivity contribution >= 4 is 5.69 Å². The second kappa shape index (κ2) is 7.36. The number of nitro groups is 1. The van der Waals surface area contributed by atoms with Crippen molar-refractivity contribution < 1.29 is 14.4 Å². The van der Waals surface area contributed by atoms with Gasteiger partial charge in [0.05, 0.1) is 16.6 Å². The molecule has 0 aromatic heterocycles. The summed E-state index contributed by atoms with van der Waals surface area (Å²) in [4.78, 5) is 13.7. The summed E-state index contributed by atoms with van der Waals surface area (Å²) in [6.45, 7) is 8.11. The molecule has 7 nitrogen and oxygen atoms in total. The van der Waals surface area contributed by atoms with Crippen LogP contribution in [0, 0.1) is 16.0 Å². The fraction of sp³-hybridized carbons (Fsp3) is 0.647. The lowest BCUT2D eigenvalue weighted by atomic mass is 9.94. The van der Waals surface area contributed by atoms with E-state index in [1.807, 2.05) is 6.07 Å². The molecule has 0 unspecified atom stereocenters. The minimum absolute atomic E-state index is 0.0319. The molecule has 2 aliphatic heterocycles. The molecule has 0 amide bonds. The first-order valence-electron chi connectivity index (χ1n) is 8.59. The van der Waals surface area contributed by atoms with Gasteiger partial charge in [-0.05, 0) is 24.8 Å². The van der Waals surface area contributed by atoms with Gasteiger partial charge in [-0.3, -0.25) is 15.0 Å². The minimum atomic E-state index is -0.304. The standard InChI is InChI=1S/C17H25N3O4/c1-12(2)3-4-14(19-7-5-18-6-8-19)13-9-16-17(24-11-23-16)10-15(13)20(21)22/h9-10,12,14,18H,3-8,11H2,1-2H3/t14-/m1/s1. The lowest BCUT2D eigenvalue weighted by Crippen LogP contribution is -2.45. The summed E-state index contributed by atoms with van der Waals surface area (Å²) in [6, 6.07) is 3.36. The quantitative estimate of drug-likeness (QED) is 0.636. The Morgan fingerprint density at radius 3 is 2.50 bits per heavy atom. The molecule has 24 heavy (non-hydrogen) atoms. The highest BCUT2D eigenvalue weighted by Crippen LogP contribution is 2.43. The summed E-state index contributed by atoms with van der Waals surface area (Å²) in [6.07, 6.45) is 1.93. The van der Waals surface area contributed by atoms with Crippen LogP contribution >= 0.6 is 0 Å². The van der Waals surface area contributed by atoms with Gasteiger partial charge in [-0.15, -0.1) is 0 Å². The van der Waals surface area contributed by atoms with E-state index >= 15 is 0 Å². The Bertz CT molecular complexity index is 600. The molecule has 3 rings (SSSR count). The van der Waals surface area contributed by atoms with Crippen LogP contribution in [0.3, 0.4) is 0 Å². The summed E-state index contributed by atoms with van der Waals surface area (Å²) in [5.74, 6) is 1.64. The Kier molecular flexibility index (Phi) is 5.20. The van der Waals surface area contributed by atoms with Crippen molar-refractivity contribution in [2.45, 2.75) is 32.7 Å². The van der Waals surface area contributed by atoms with Gasteiger partial charge in [0.15, 0.2) is 11.5 Å². The van der Waals surface area contributed by atoms with Crippen molar-refractivity contribution in [1.29, 1.82) is 0 Å². The Morgan fingerprint density at radius 1 is 1.21 bits per heavy atom. The number of nitrogens with zero attached hydrogens (tertiary/aromatic N) is 2. The summed E-state index contributed by atoms with van der Waals surface area (Å²) in [7, 11) is 0. The zero-order chi connectivity index (χ0) is 17.1. The Morgan fingerprint density at radius 2 is 1.88 bits per heavy atom. The van der Waals surface area contributed by atoms with Crippen molar-refractivity contribution in [3.8, 4) is 11.5 Å². The van der Waals surface area contributed by atoms with Crippen molar-refractivity contribution in [2.75, 3.05) is 33.0 Å². The fourth-order valence-electron chi connectivity index (χ4n) is 3.39. The smallest absolute Gasteiger partial charge is 0.278 e. The first kappa shape index (κ1) is 17.0. The minimum Gasteiger partial charge on any atom is -0.454 e. The van der Waals surface area contributed by atoms with E-state index in [-0.39, 0.29) is 23.4 Å². The Labute approximate surface area is 142 Å². The van der Waals surface area contributed by atoms with Gasteiger partial charge in [-0.1, -0.05) is 13.8 Å². The molecular weight excluding hydrogens is 310 g/mol. The predicted molar refractivity (Wildman–Crippen MR) is 90.5 cm³/mol. The number of nitrogens with one attached hydrogen (secondary N) is 1. The van der Waals surface area contributed by atoms with E-state index < -0.39 is 0 Å². The van der Waals surface area contributed by atoms with Gasteiger partial charge in [-0.25, -0.2) is 0 Å². The number of nitro benzene ring substituents is 1. The first-order chi connectivity index (χ1) is 11.6. The van der Waals surface area contributed by atoms with E-state index in [0.717, 1.165) is 44.6 Å². The van der Waals surface area contributed by atoms with Crippen molar-refractivity contribution in [3.05, 3.63) is 27.8 Å². The summed E-state index contributed by atoms with van der Waals surface area (Å²) < 4.78 is 10.8. The lowest BCUT2D eigenvalue weighted by Gasteiger charge is -2.35. The molecular formula is C17H25N3O4. The molecule has 2 aliphatic rings. The normalized spacial score (nSPS) is 18.8. The van der Waals surface area contributed by atoms with Crippen LogP contribution in [-0.2, 0) is 0 Å². The van der Waals surface area contributed by atoms with Gasteiger partial charge in [0.25, 0.3) is 5.69 Å². The topological polar surface area (TPSA) is 76.9 Å². The second-order valence-corrected chi connectivity index (χ2v) is 6.79. The third-order valence-electron chi connectivity index (χ3n) is 4.69. The van der Waals surface area contributed by atoms with Crippen LogP contribution in [0.25, 0.3) is 0 Å². The molecule has 1 atom stereocenters. The van der Waals surface area contributed by atoms with E-state index in [1.165, 1.54) is 6.07 Å². The Balaban J connectivity index is 1.97. The summed E-state index contributed by atoms with van der Waals surface area (Å²) in [5.41, 5.74) is 0.873. The van der Waals surface area contributed by atoms with Gasteiger partial charge in [0.1, 0.15) is 0 Å². The van der Waals surface area contributed by atoms with Crippen LogP contribution in [0.4, 0.5) is 5.69 Å². The predicted octanol–water partition coefficient (Wildman–Crippen LogP) is 2.71. The summed E-state index contributed by atoms with van der Waals surface area (Å²) >= 11 is 0. The largest absolute Gasteiger partial charge is 0.454 e. The number of fused-ring (bicyclic) bond motifs is 1. The molecule has 1 fully saturated rings. The highest BCUT2D eigenvalue weighted by molar-refractivity contribution is 5.56. The molecule has 132 valence electrons. The van der Waals surface area contributed by atoms with Crippen LogP contribution in [0.15, 0.2) is 12.1 Å². The van der Waals surface area contributed by atoms with Crippen LogP contribution < -0.4 is 14.8 Å². The molecule has 1 saturated heterocycles. The fourth-order valence-corrected chi connectivity index (χ4v) is 3.39. The zero-order valence-corrected chi connectivity index (χ0v) is 14.3. The third-order valence-corrected chi connectivity index (χ3v) is 4.69. The zero-order valence-electron chi connectivity index (χ0n) is 14.3. The van der Waals surface area contributed by atoms with E-state index in [9.17, 15) is 10.1 Å². The number of piperazine rings is 1. The number of ether oxygens (including phenoxy) is 2. The maximum atomic E-state index is 11.6. The second-order valence-electron chi connectivity index (χ2n) is 6.79. The maximum absolute atomic E-state index is 11.6. The molecule has 1 aromatic carbocycles. The van der Waals surface area contributed by atoms with E-state index in [2.05, 4.69) is 24.1 Å². The number of rotatable bonds is 6. The molecule has 7 heteroatoms. The summed E-state index contributed by atoms with van der Waals surface area (Å²) in [5, 5.41) is 15.0. The SMILES string of the molecule is CC(C)CC[C@H](c1cc2c(cc1[N+](=O)[O-])OCO2)N1CCNCC1. The third kappa shape index (κ3) is 3.62.